The largest absolute Gasteiger partial charge is 0.455 e. The summed E-state index contributed by atoms with van der Waals surface area (Å²) < 4.78 is 6.88. The van der Waals surface area contributed by atoms with E-state index in [1.165, 1.54) is 54.4 Å². The Labute approximate surface area is 296 Å². The molecule has 9 aromatic carbocycles. The van der Waals surface area contributed by atoms with Gasteiger partial charge in [-0.1, -0.05) is 153 Å². The Morgan fingerprint density at radius 1 is 0.431 bits per heavy atom. The summed E-state index contributed by atoms with van der Waals surface area (Å²) in [4.78, 5) is 2.48. The molecule has 0 unspecified atom stereocenters. The monoisotopic (exact) mass is 653 g/mol. The Hall–Kier alpha value is -6.38. The highest BCUT2D eigenvalue weighted by Crippen LogP contribution is 2.49. The Morgan fingerprint density at radius 3 is 1.86 bits per heavy atom. The highest BCUT2D eigenvalue weighted by atomic mass is 16.3. The second-order valence-electron chi connectivity index (χ2n) is 13.9. The zero-order chi connectivity index (χ0) is 34.1. The van der Waals surface area contributed by atoms with Gasteiger partial charge in [-0.2, -0.15) is 0 Å². The van der Waals surface area contributed by atoms with E-state index in [-0.39, 0.29) is 0 Å². The summed E-state index contributed by atoms with van der Waals surface area (Å²) in [5, 5.41) is 11.9. The van der Waals surface area contributed by atoms with E-state index in [0.717, 1.165) is 44.4 Å². The third-order valence-electron chi connectivity index (χ3n) is 10.6. The highest BCUT2D eigenvalue weighted by Gasteiger charge is 2.24. The van der Waals surface area contributed by atoms with Crippen LogP contribution in [0.2, 0.25) is 0 Å². The van der Waals surface area contributed by atoms with Gasteiger partial charge in [0.15, 0.2) is 0 Å². The van der Waals surface area contributed by atoms with Crippen LogP contribution in [0.3, 0.4) is 0 Å². The van der Waals surface area contributed by atoms with Crippen molar-refractivity contribution in [1.29, 1.82) is 0 Å². The Kier molecular flexibility index (Phi) is 6.72. The van der Waals surface area contributed by atoms with Crippen LogP contribution < -0.4 is 4.90 Å². The molecule has 10 aromatic rings. The molecule has 0 atom stereocenters. The van der Waals surface area contributed by atoms with Gasteiger partial charge in [0.05, 0.1) is 11.4 Å². The van der Waals surface area contributed by atoms with Gasteiger partial charge in [-0.05, 0) is 79.9 Å². The lowest BCUT2D eigenvalue weighted by Crippen LogP contribution is -2.11. The average Bonchev–Trinajstić information content (AvgIpc) is 3.57. The van der Waals surface area contributed by atoms with Crippen LogP contribution in [0.25, 0.3) is 76.2 Å². The minimum absolute atomic E-state index is 0.340. The molecule has 0 radical (unpaired) electrons. The molecule has 242 valence electrons. The topological polar surface area (TPSA) is 16.4 Å². The summed E-state index contributed by atoms with van der Waals surface area (Å²) in [5.41, 5.74) is 8.92. The lowest BCUT2D eigenvalue weighted by Gasteiger charge is -2.29. The molecule has 1 aromatic heterocycles. The van der Waals surface area contributed by atoms with Crippen molar-refractivity contribution in [3.05, 3.63) is 175 Å². The van der Waals surface area contributed by atoms with Crippen LogP contribution in [0, 0.1) is 0 Å². The van der Waals surface area contributed by atoms with Gasteiger partial charge < -0.3 is 9.32 Å². The lowest BCUT2D eigenvalue weighted by molar-refractivity contribution is 0.672. The molecule has 0 aliphatic carbocycles. The van der Waals surface area contributed by atoms with E-state index in [2.05, 4.69) is 189 Å². The quantitative estimate of drug-likeness (QED) is 0.172. The maximum atomic E-state index is 6.88. The van der Waals surface area contributed by atoms with Gasteiger partial charge in [-0.25, -0.2) is 0 Å². The van der Waals surface area contributed by atoms with Gasteiger partial charge in [0, 0.05) is 32.6 Å². The van der Waals surface area contributed by atoms with Crippen molar-refractivity contribution < 1.29 is 4.42 Å². The average molecular weight is 654 g/mol. The van der Waals surface area contributed by atoms with Crippen LogP contribution in [-0.4, -0.2) is 0 Å². The maximum Gasteiger partial charge on any atom is 0.144 e. The summed E-state index contributed by atoms with van der Waals surface area (Å²) in [6.07, 6.45) is 0. The number of nitrogens with zero attached hydrogens (tertiary/aromatic N) is 1. The van der Waals surface area contributed by atoms with Gasteiger partial charge in [-0.3, -0.25) is 0 Å². The fraction of sp³-hybridized carbons (Fsp3) is 0.0612. The molecule has 0 fully saturated rings. The molecule has 0 amide bonds. The van der Waals surface area contributed by atoms with E-state index >= 15 is 0 Å². The SMILES string of the molecule is CC(C)c1cccc2oc3c(cc(N(c4ccc(-c5ccccc5)cc4)c4cc5ccccc5c5ccccc45)c4ccc5ccccc5c43)c12. The molecule has 0 spiro atoms. The molecule has 0 saturated heterocycles. The molecule has 0 aliphatic heterocycles. The first kappa shape index (κ1) is 29.5. The number of benzene rings is 9. The molecule has 0 N–H and O–H groups in total. The molecule has 51 heavy (non-hydrogen) atoms. The third-order valence-corrected chi connectivity index (χ3v) is 10.6. The maximum absolute atomic E-state index is 6.88. The number of hydrogen-bond donors (Lipinski definition) is 0. The Balaban J connectivity index is 1.37. The van der Waals surface area contributed by atoms with E-state index < -0.39 is 0 Å². The minimum atomic E-state index is 0.340. The van der Waals surface area contributed by atoms with Crippen molar-refractivity contribution in [1.82, 2.24) is 0 Å². The summed E-state index contributed by atoms with van der Waals surface area (Å²) in [6.45, 7) is 4.54. The first-order chi connectivity index (χ1) is 25.1. The molecule has 10 rings (SSSR count). The van der Waals surface area contributed by atoms with Crippen molar-refractivity contribution >= 4 is 82.1 Å². The first-order valence-corrected chi connectivity index (χ1v) is 17.8. The molecule has 1 heterocycles. The molecule has 0 aliphatic rings. The molecule has 2 nitrogen and oxygen atoms in total. The van der Waals surface area contributed by atoms with Crippen molar-refractivity contribution in [3.63, 3.8) is 0 Å². The molecule has 0 bridgehead atoms. The molecule has 0 saturated carbocycles. The van der Waals surface area contributed by atoms with Crippen LogP contribution in [0.1, 0.15) is 25.3 Å². The van der Waals surface area contributed by atoms with Crippen LogP contribution in [0.4, 0.5) is 17.1 Å². The van der Waals surface area contributed by atoms with Gasteiger partial charge in [-0.15, -0.1) is 0 Å². The van der Waals surface area contributed by atoms with Crippen molar-refractivity contribution in [2.75, 3.05) is 4.90 Å². The van der Waals surface area contributed by atoms with Gasteiger partial charge in [0.1, 0.15) is 11.2 Å². The smallest absolute Gasteiger partial charge is 0.144 e. The fourth-order valence-corrected chi connectivity index (χ4v) is 8.19. The van der Waals surface area contributed by atoms with Crippen LogP contribution in [0.5, 0.6) is 0 Å². The predicted octanol–water partition coefficient (Wildman–Crippen LogP) is 14.5. The van der Waals surface area contributed by atoms with Crippen LogP contribution >= 0.6 is 0 Å². The minimum Gasteiger partial charge on any atom is -0.455 e. The standard InChI is InChI=1S/C49H35NO/c1-31(2)37-21-12-22-46-47(37)43-30-45(42-28-25-34-15-6-9-18-39(34)48(42)49(43)51-46)50(36-26-23-33(24-27-36)32-13-4-3-5-14-32)44-29-35-16-7-8-17-38(35)40-19-10-11-20-41(40)44/h3-31H,1-2H3. The summed E-state index contributed by atoms with van der Waals surface area (Å²) >= 11 is 0. The Morgan fingerprint density at radius 2 is 1.08 bits per heavy atom. The van der Waals surface area contributed by atoms with Crippen molar-refractivity contribution in [2.24, 2.45) is 0 Å². The molecular formula is C49H35NO. The van der Waals surface area contributed by atoms with E-state index in [1.807, 2.05) is 0 Å². The first-order valence-electron chi connectivity index (χ1n) is 17.8. The van der Waals surface area contributed by atoms with Crippen molar-refractivity contribution in [2.45, 2.75) is 19.8 Å². The van der Waals surface area contributed by atoms with Gasteiger partial charge in [0.2, 0.25) is 0 Å². The highest BCUT2D eigenvalue weighted by molar-refractivity contribution is 6.28. The van der Waals surface area contributed by atoms with Crippen molar-refractivity contribution in [3.8, 4) is 11.1 Å². The van der Waals surface area contributed by atoms with Gasteiger partial charge >= 0.3 is 0 Å². The molecule has 2 heteroatoms. The fourth-order valence-electron chi connectivity index (χ4n) is 8.19. The zero-order valence-corrected chi connectivity index (χ0v) is 28.6. The van der Waals surface area contributed by atoms with Crippen LogP contribution in [0.15, 0.2) is 174 Å². The summed E-state index contributed by atoms with van der Waals surface area (Å²) in [7, 11) is 0. The van der Waals surface area contributed by atoms with E-state index in [4.69, 9.17) is 4.42 Å². The second-order valence-corrected chi connectivity index (χ2v) is 13.9. The normalized spacial score (nSPS) is 11.9. The number of fused-ring (bicyclic) bond motifs is 10. The molecular weight excluding hydrogens is 619 g/mol. The summed E-state index contributed by atoms with van der Waals surface area (Å²) in [5.74, 6) is 0.340. The number of anilines is 3. The van der Waals surface area contributed by atoms with Crippen LogP contribution in [-0.2, 0) is 0 Å². The van der Waals surface area contributed by atoms with E-state index in [9.17, 15) is 0 Å². The number of rotatable bonds is 5. The lowest BCUT2D eigenvalue weighted by atomic mass is 9.93. The summed E-state index contributed by atoms with van der Waals surface area (Å²) in [6, 6.07) is 61.7. The predicted molar refractivity (Wildman–Crippen MR) is 218 cm³/mol. The zero-order valence-electron chi connectivity index (χ0n) is 28.6. The number of furan rings is 1. The number of hydrogen-bond acceptors (Lipinski definition) is 2. The third kappa shape index (κ3) is 4.64. The van der Waals surface area contributed by atoms with Gasteiger partial charge in [0.25, 0.3) is 0 Å². The second kappa shape index (κ2) is 11.6. The Bertz CT molecular complexity index is 2930. The van der Waals surface area contributed by atoms with E-state index in [0.29, 0.717) is 5.92 Å². The van der Waals surface area contributed by atoms with E-state index in [1.54, 1.807) is 0 Å².